The largest absolute Gasteiger partial charge is 0.628 e. The fourth-order valence-corrected chi connectivity index (χ4v) is 4.52. The molecule has 8 nitrogen and oxygen atoms in total. The second-order valence-electron chi connectivity index (χ2n) is 7.95. The van der Waals surface area contributed by atoms with Crippen LogP contribution in [0.4, 0.5) is 5.69 Å². The van der Waals surface area contributed by atoms with Gasteiger partial charge in [-0.25, -0.2) is 0 Å². The minimum Gasteiger partial charge on any atom is -0.628 e. The van der Waals surface area contributed by atoms with Gasteiger partial charge in [0.1, 0.15) is 11.3 Å². The number of hydrogen-bond donors (Lipinski definition) is 1. The summed E-state index contributed by atoms with van der Waals surface area (Å²) < 4.78 is 16.5. The molecule has 1 aromatic carbocycles. The van der Waals surface area contributed by atoms with Crippen LogP contribution < -0.4 is 14.5 Å². The summed E-state index contributed by atoms with van der Waals surface area (Å²) in [6, 6.07) is 5.85. The van der Waals surface area contributed by atoms with Crippen molar-refractivity contribution in [3.63, 3.8) is 0 Å². The number of hydroxylamine groups is 1. The summed E-state index contributed by atoms with van der Waals surface area (Å²) in [7, 11) is 2.86. The van der Waals surface area contributed by atoms with Crippen LogP contribution in [0.25, 0.3) is 0 Å². The second kappa shape index (κ2) is 9.03. The van der Waals surface area contributed by atoms with Crippen molar-refractivity contribution >= 4 is 17.4 Å². The smallest absolute Gasteiger partial charge is 0.306 e. The highest BCUT2D eigenvalue weighted by atomic mass is 16.5. The fraction of sp³-hybridized carbons (Fsp3) is 0.435. The van der Waals surface area contributed by atoms with Crippen molar-refractivity contribution < 1.29 is 28.9 Å². The van der Waals surface area contributed by atoms with Gasteiger partial charge in [-0.05, 0) is 43.4 Å². The van der Waals surface area contributed by atoms with Crippen LogP contribution in [0, 0.1) is 5.21 Å². The molecule has 1 aliphatic heterocycles. The Morgan fingerprint density at radius 2 is 2.00 bits per heavy atom. The van der Waals surface area contributed by atoms with E-state index in [1.165, 1.54) is 19.5 Å². The molecule has 2 aliphatic rings. The first-order valence-corrected chi connectivity index (χ1v) is 10.5. The van der Waals surface area contributed by atoms with Gasteiger partial charge in [0.2, 0.25) is 5.78 Å². The summed E-state index contributed by atoms with van der Waals surface area (Å²) >= 11 is 0. The summed E-state index contributed by atoms with van der Waals surface area (Å²) in [6.07, 6.45) is 7.09. The summed E-state index contributed by atoms with van der Waals surface area (Å²) in [6.45, 7) is 0. The summed E-state index contributed by atoms with van der Waals surface area (Å²) in [5.41, 5.74) is 1.30. The number of fused-ring (bicyclic) bond motifs is 1. The van der Waals surface area contributed by atoms with Crippen molar-refractivity contribution in [2.24, 2.45) is 0 Å². The topological polar surface area (TPSA) is 102 Å². The van der Waals surface area contributed by atoms with E-state index in [-0.39, 0.29) is 23.4 Å². The molecule has 164 valence electrons. The molecule has 1 N–H and O–H groups in total. The standard InChI is InChI=1S/C23H26N2O6/c1-29-19-8-7-14(11-20(19)31-15-5-3-4-6-15)16(12-21(26)30-2)22-23(27)17-13-24-10-9-18(17)25(22)28/h7-11,13,15-16,22,25H,3-6,12H2,1-2H3. The highest BCUT2D eigenvalue weighted by Gasteiger charge is 2.45. The molecule has 0 bridgehead atoms. The molecule has 2 aromatic rings. The molecule has 1 fully saturated rings. The molecule has 3 atom stereocenters. The number of benzene rings is 1. The van der Waals surface area contributed by atoms with E-state index in [9.17, 15) is 14.8 Å². The molecule has 1 aromatic heterocycles. The molecule has 0 amide bonds. The summed E-state index contributed by atoms with van der Waals surface area (Å²) in [5, 5.41) is 12.8. The number of ketones is 1. The number of Topliss-reactive ketones (excluding diaryl/α,β-unsaturated/α-hetero) is 1. The van der Waals surface area contributed by atoms with Gasteiger partial charge in [-0.15, -0.1) is 0 Å². The molecule has 0 radical (unpaired) electrons. The number of rotatable bonds is 7. The molecule has 1 aliphatic carbocycles. The number of quaternary nitrogens is 1. The second-order valence-corrected chi connectivity index (χ2v) is 7.95. The van der Waals surface area contributed by atoms with Crippen LogP contribution in [0.2, 0.25) is 0 Å². The number of nitrogens with one attached hydrogen (secondary N) is 1. The van der Waals surface area contributed by atoms with Crippen molar-refractivity contribution in [3.8, 4) is 11.5 Å². The number of nitrogens with zero attached hydrogens (tertiary/aromatic N) is 1. The lowest BCUT2D eigenvalue weighted by Gasteiger charge is -2.30. The van der Waals surface area contributed by atoms with Crippen LogP contribution in [-0.4, -0.2) is 43.1 Å². The first-order valence-electron chi connectivity index (χ1n) is 10.5. The quantitative estimate of drug-likeness (QED) is 0.535. The van der Waals surface area contributed by atoms with Crippen molar-refractivity contribution in [2.45, 2.75) is 50.2 Å². The number of pyridine rings is 1. The maximum atomic E-state index is 13.1. The van der Waals surface area contributed by atoms with Gasteiger partial charge in [0.15, 0.2) is 17.5 Å². The number of carbonyl (C=O) groups is 2. The Kier molecular flexibility index (Phi) is 6.20. The lowest BCUT2D eigenvalue weighted by atomic mass is 9.86. The molecule has 0 spiro atoms. The van der Waals surface area contributed by atoms with Crippen molar-refractivity contribution in [3.05, 3.63) is 53.0 Å². The number of ether oxygens (including phenoxy) is 3. The Morgan fingerprint density at radius 1 is 1.23 bits per heavy atom. The van der Waals surface area contributed by atoms with Gasteiger partial charge >= 0.3 is 5.97 Å². The van der Waals surface area contributed by atoms with Crippen molar-refractivity contribution in [1.82, 2.24) is 4.98 Å². The van der Waals surface area contributed by atoms with E-state index in [4.69, 9.17) is 14.2 Å². The lowest BCUT2D eigenvalue weighted by molar-refractivity contribution is -0.792. The molecule has 8 heteroatoms. The Bertz CT molecular complexity index is 972. The summed E-state index contributed by atoms with van der Waals surface area (Å²) in [5.74, 6) is -0.371. The van der Waals surface area contributed by atoms with Crippen molar-refractivity contribution in [2.75, 3.05) is 14.2 Å². The van der Waals surface area contributed by atoms with Crippen LogP contribution in [0.1, 0.15) is 53.9 Å². The zero-order chi connectivity index (χ0) is 22.0. The number of hydrogen-bond acceptors (Lipinski definition) is 7. The summed E-state index contributed by atoms with van der Waals surface area (Å²) in [4.78, 5) is 29.3. The third kappa shape index (κ3) is 4.13. The molecular weight excluding hydrogens is 400 g/mol. The highest BCUT2D eigenvalue weighted by Crippen LogP contribution is 2.37. The number of carbonyl (C=O) groups excluding carboxylic acids is 2. The molecule has 0 saturated heterocycles. The normalized spacial score (nSPS) is 21.6. The minimum absolute atomic E-state index is 0.102. The van der Waals surface area contributed by atoms with Gasteiger partial charge in [0.05, 0.1) is 32.7 Å². The molecular formula is C23H26N2O6. The monoisotopic (exact) mass is 426 g/mol. The maximum Gasteiger partial charge on any atom is 0.306 e. The predicted octanol–water partition coefficient (Wildman–Crippen LogP) is 2.34. The van der Waals surface area contributed by atoms with Crippen LogP contribution in [0.3, 0.4) is 0 Å². The number of aromatic nitrogens is 1. The van der Waals surface area contributed by atoms with Gasteiger partial charge < -0.3 is 24.5 Å². The van der Waals surface area contributed by atoms with Crippen molar-refractivity contribution in [1.29, 1.82) is 0 Å². The van der Waals surface area contributed by atoms with Gasteiger partial charge in [0.25, 0.3) is 0 Å². The SMILES string of the molecule is COC(=O)CC(c1ccc(OC)c(OC2CCCC2)c1)C1C(=O)c2cnccc2[NH+]1[O-]. The third-order valence-corrected chi connectivity index (χ3v) is 6.15. The zero-order valence-corrected chi connectivity index (χ0v) is 17.6. The minimum atomic E-state index is -1.01. The Morgan fingerprint density at radius 3 is 2.68 bits per heavy atom. The number of esters is 1. The van der Waals surface area contributed by atoms with E-state index >= 15 is 0 Å². The van der Waals surface area contributed by atoms with E-state index in [0.29, 0.717) is 28.3 Å². The van der Waals surface area contributed by atoms with Gasteiger partial charge in [-0.2, -0.15) is 0 Å². The van der Waals surface area contributed by atoms with Crippen LogP contribution in [-0.2, 0) is 9.53 Å². The van der Waals surface area contributed by atoms with Crippen LogP contribution >= 0.6 is 0 Å². The van der Waals surface area contributed by atoms with E-state index in [2.05, 4.69) is 4.98 Å². The van der Waals surface area contributed by atoms with Gasteiger partial charge in [-0.3, -0.25) is 14.6 Å². The average molecular weight is 426 g/mol. The Hall–Kier alpha value is -2.97. The van der Waals surface area contributed by atoms with E-state index < -0.39 is 17.9 Å². The number of methoxy groups -OCH3 is 2. The molecule has 1 saturated carbocycles. The van der Waals surface area contributed by atoms with E-state index in [1.54, 1.807) is 31.4 Å². The Labute approximate surface area is 180 Å². The predicted molar refractivity (Wildman–Crippen MR) is 112 cm³/mol. The highest BCUT2D eigenvalue weighted by molar-refractivity contribution is 6.05. The fourth-order valence-electron chi connectivity index (χ4n) is 4.52. The van der Waals surface area contributed by atoms with Gasteiger partial charge in [-0.1, -0.05) is 6.07 Å². The first kappa shape index (κ1) is 21.3. The lowest BCUT2D eigenvalue weighted by Crippen LogP contribution is -3.06. The van der Waals surface area contributed by atoms with Crippen LogP contribution in [0.15, 0.2) is 36.7 Å². The maximum absolute atomic E-state index is 13.1. The third-order valence-electron chi connectivity index (χ3n) is 6.15. The van der Waals surface area contributed by atoms with E-state index in [1.807, 2.05) is 0 Å². The van der Waals surface area contributed by atoms with Crippen LogP contribution in [0.5, 0.6) is 11.5 Å². The zero-order valence-electron chi connectivity index (χ0n) is 17.6. The molecule has 3 unspecified atom stereocenters. The van der Waals surface area contributed by atoms with Gasteiger partial charge in [0, 0.05) is 18.5 Å². The first-order chi connectivity index (χ1) is 15.0. The Balaban J connectivity index is 1.71. The molecule has 4 rings (SSSR count). The average Bonchev–Trinajstić information content (AvgIpc) is 3.39. The molecule has 2 heterocycles. The molecule has 31 heavy (non-hydrogen) atoms. The van der Waals surface area contributed by atoms with E-state index in [0.717, 1.165) is 25.7 Å².